The molecule has 0 aromatic heterocycles. The van der Waals surface area contributed by atoms with Crippen LogP contribution < -0.4 is 5.73 Å². The largest absolute Gasteiger partial charge is 0.389 e. The molecule has 4 heteroatoms. The molecule has 19 heavy (non-hydrogen) atoms. The van der Waals surface area contributed by atoms with E-state index in [1.54, 1.807) is 18.2 Å². The number of halogens is 1. The highest BCUT2D eigenvalue weighted by Crippen LogP contribution is 2.26. The van der Waals surface area contributed by atoms with E-state index < -0.39 is 0 Å². The van der Waals surface area contributed by atoms with Crippen LogP contribution in [-0.4, -0.2) is 11.1 Å². The van der Waals surface area contributed by atoms with Gasteiger partial charge in [0.25, 0.3) is 0 Å². The zero-order valence-corrected chi connectivity index (χ0v) is 12.0. The molecule has 0 aliphatic heterocycles. The minimum Gasteiger partial charge on any atom is -0.389 e. The fourth-order valence-corrected chi connectivity index (χ4v) is 2.78. The Morgan fingerprint density at radius 2 is 2.26 bits per heavy atom. The molecule has 104 valence electrons. The van der Waals surface area contributed by atoms with Crippen molar-refractivity contribution in [3.63, 3.8) is 0 Å². The maximum Gasteiger partial charge on any atom is 0.138 e. The monoisotopic (exact) mass is 281 g/mol. The van der Waals surface area contributed by atoms with E-state index in [1.807, 2.05) is 0 Å². The summed E-state index contributed by atoms with van der Waals surface area (Å²) >= 11 is 4.83. The molecule has 1 aliphatic carbocycles. The van der Waals surface area contributed by atoms with Crippen molar-refractivity contribution < 1.29 is 9.13 Å². The molecule has 1 aromatic carbocycles. The van der Waals surface area contributed by atoms with Crippen molar-refractivity contribution in [2.45, 2.75) is 45.3 Å². The Hall–Kier alpha value is -1.00. The second kappa shape index (κ2) is 6.44. The minimum atomic E-state index is -0.348. The van der Waals surface area contributed by atoms with Crippen LogP contribution in [0.5, 0.6) is 0 Å². The van der Waals surface area contributed by atoms with Gasteiger partial charge >= 0.3 is 0 Å². The van der Waals surface area contributed by atoms with E-state index in [-0.39, 0.29) is 16.9 Å². The van der Waals surface area contributed by atoms with Crippen molar-refractivity contribution >= 4 is 17.2 Å². The summed E-state index contributed by atoms with van der Waals surface area (Å²) < 4.78 is 19.9. The van der Waals surface area contributed by atoms with Crippen molar-refractivity contribution in [1.29, 1.82) is 0 Å². The van der Waals surface area contributed by atoms with Gasteiger partial charge in [-0.25, -0.2) is 4.39 Å². The average molecular weight is 281 g/mol. The Balaban J connectivity index is 1.99. The summed E-state index contributed by atoms with van der Waals surface area (Å²) in [6.07, 6.45) is 4.85. The van der Waals surface area contributed by atoms with Gasteiger partial charge in [-0.05, 0) is 24.8 Å². The Labute approximate surface area is 119 Å². The molecule has 2 N–H and O–H groups in total. The van der Waals surface area contributed by atoms with Crippen LogP contribution in [0.25, 0.3) is 0 Å². The number of hydrogen-bond donors (Lipinski definition) is 1. The van der Waals surface area contributed by atoms with Gasteiger partial charge in [0.1, 0.15) is 10.8 Å². The number of benzene rings is 1. The molecule has 0 spiro atoms. The highest BCUT2D eigenvalue weighted by molar-refractivity contribution is 7.80. The van der Waals surface area contributed by atoms with Crippen molar-refractivity contribution in [3.8, 4) is 0 Å². The summed E-state index contributed by atoms with van der Waals surface area (Å²) in [6, 6.07) is 5.09. The quantitative estimate of drug-likeness (QED) is 0.857. The van der Waals surface area contributed by atoms with Crippen molar-refractivity contribution in [2.24, 2.45) is 11.7 Å². The van der Waals surface area contributed by atoms with E-state index in [2.05, 4.69) is 6.92 Å². The molecule has 1 aliphatic rings. The summed E-state index contributed by atoms with van der Waals surface area (Å²) in [5.74, 6) is 0.352. The normalized spacial score (nSPS) is 23.3. The zero-order chi connectivity index (χ0) is 13.8. The lowest BCUT2D eigenvalue weighted by Gasteiger charge is -2.26. The Bertz CT molecular complexity index is 463. The first-order chi connectivity index (χ1) is 9.08. The second-order valence-corrected chi connectivity index (χ2v) is 5.79. The van der Waals surface area contributed by atoms with Crippen LogP contribution in [0, 0.1) is 11.7 Å². The summed E-state index contributed by atoms with van der Waals surface area (Å²) in [4.78, 5) is 0.0886. The molecular formula is C15H20FNOS. The third-order valence-corrected chi connectivity index (χ3v) is 3.93. The smallest absolute Gasteiger partial charge is 0.138 e. The maximum atomic E-state index is 14.1. The lowest BCUT2D eigenvalue weighted by atomic mass is 9.89. The molecule has 0 bridgehead atoms. The summed E-state index contributed by atoms with van der Waals surface area (Å²) in [5, 5.41) is 0. The zero-order valence-electron chi connectivity index (χ0n) is 11.2. The van der Waals surface area contributed by atoms with Gasteiger partial charge in [0, 0.05) is 11.1 Å². The fourth-order valence-electron chi connectivity index (χ4n) is 2.62. The lowest BCUT2D eigenvalue weighted by Crippen LogP contribution is -2.21. The van der Waals surface area contributed by atoms with Gasteiger partial charge in [-0.2, -0.15) is 0 Å². The first-order valence-corrected chi connectivity index (χ1v) is 7.17. The van der Waals surface area contributed by atoms with Gasteiger partial charge in [-0.3, -0.25) is 0 Å². The molecule has 0 radical (unpaired) electrons. The topological polar surface area (TPSA) is 35.2 Å². The van der Waals surface area contributed by atoms with E-state index >= 15 is 0 Å². The van der Waals surface area contributed by atoms with Crippen molar-refractivity contribution in [2.75, 3.05) is 0 Å². The molecule has 2 unspecified atom stereocenters. The van der Waals surface area contributed by atoms with Crippen molar-refractivity contribution in [3.05, 3.63) is 35.1 Å². The number of ether oxygens (including phenoxy) is 1. The van der Waals surface area contributed by atoms with Gasteiger partial charge in [0.2, 0.25) is 0 Å². The number of thiocarbonyl (C=S) groups is 1. The Kier molecular flexibility index (Phi) is 4.88. The third kappa shape index (κ3) is 3.74. The van der Waals surface area contributed by atoms with Crippen LogP contribution in [0.2, 0.25) is 0 Å². The highest BCUT2D eigenvalue weighted by atomic mass is 32.1. The lowest BCUT2D eigenvalue weighted by molar-refractivity contribution is 0.00352. The maximum absolute atomic E-state index is 14.1. The van der Waals surface area contributed by atoms with Gasteiger partial charge in [0.05, 0.1) is 12.7 Å². The molecule has 0 heterocycles. The molecule has 0 amide bonds. The summed E-state index contributed by atoms with van der Waals surface area (Å²) in [6.45, 7) is 2.53. The van der Waals surface area contributed by atoms with E-state index in [9.17, 15) is 4.39 Å². The van der Waals surface area contributed by atoms with Crippen LogP contribution in [-0.2, 0) is 11.3 Å². The van der Waals surface area contributed by atoms with E-state index in [4.69, 9.17) is 22.7 Å². The number of hydrogen-bond acceptors (Lipinski definition) is 2. The predicted octanol–water partition coefficient (Wildman–Crippen LogP) is 3.56. The molecule has 2 nitrogen and oxygen atoms in total. The second-order valence-electron chi connectivity index (χ2n) is 5.35. The molecule has 2 atom stereocenters. The Morgan fingerprint density at radius 3 is 2.95 bits per heavy atom. The minimum absolute atomic E-state index is 0.0886. The van der Waals surface area contributed by atoms with Crippen LogP contribution in [0.3, 0.4) is 0 Å². The van der Waals surface area contributed by atoms with E-state index in [0.29, 0.717) is 23.7 Å². The van der Waals surface area contributed by atoms with Gasteiger partial charge in [-0.1, -0.05) is 44.1 Å². The molecular weight excluding hydrogens is 261 g/mol. The first kappa shape index (κ1) is 14.4. The van der Waals surface area contributed by atoms with Crippen LogP contribution in [0.4, 0.5) is 4.39 Å². The molecule has 2 rings (SSSR count). The number of nitrogens with two attached hydrogens (primary N) is 1. The molecule has 1 saturated carbocycles. The SMILES string of the molecule is CC1CCCC(OCc2cccc(C(N)=S)c2F)C1. The molecule has 0 saturated heterocycles. The molecule has 1 aromatic rings. The highest BCUT2D eigenvalue weighted by Gasteiger charge is 2.20. The number of rotatable bonds is 4. The molecule has 1 fully saturated rings. The van der Waals surface area contributed by atoms with Gasteiger partial charge < -0.3 is 10.5 Å². The summed E-state index contributed by atoms with van der Waals surface area (Å²) in [5.41, 5.74) is 6.32. The first-order valence-electron chi connectivity index (χ1n) is 6.76. The van der Waals surface area contributed by atoms with E-state index in [0.717, 1.165) is 12.8 Å². The summed E-state index contributed by atoms with van der Waals surface area (Å²) in [7, 11) is 0. The predicted molar refractivity (Wildman–Crippen MR) is 78.5 cm³/mol. The van der Waals surface area contributed by atoms with E-state index in [1.165, 1.54) is 12.8 Å². The standard InChI is InChI=1S/C15H20FNOS/c1-10-4-2-6-12(8-10)18-9-11-5-3-7-13(14(11)16)15(17)19/h3,5,7,10,12H,2,4,6,8-9H2,1H3,(H2,17,19). The van der Waals surface area contributed by atoms with Crippen molar-refractivity contribution in [1.82, 2.24) is 0 Å². The Morgan fingerprint density at radius 1 is 1.47 bits per heavy atom. The van der Waals surface area contributed by atoms with Crippen LogP contribution >= 0.6 is 12.2 Å². The van der Waals surface area contributed by atoms with Gasteiger partial charge in [-0.15, -0.1) is 0 Å². The average Bonchev–Trinajstić information content (AvgIpc) is 2.37. The fraction of sp³-hybridized carbons (Fsp3) is 0.533. The van der Waals surface area contributed by atoms with Crippen LogP contribution in [0.15, 0.2) is 18.2 Å². The third-order valence-electron chi connectivity index (χ3n) is 3.71. The van der Waals surface area contributed by atoms with Gasteiger partial charge in [0.15, 0.2) is 0 Å². The van der Waals surface area contributed by atoms with Crippen LogP contribution in [0.1, 0.15) is 43.7 Å².